The van der Waals surface area contributed by atoms with Crippen molar-refractivity contribution in [2.75, 3.05) is 0 Å². The topological polar surface area (TPSA) is 83.0 Å². The fourth-order valence-corrected chi connectivity index (χ4v) is 2.66. The maximum atomic E-state index is 11.8. The molecule has 0 aliphatic heterocycles. The lowest BCUT2D eigenvalue weighted by atomic mass is 10.0. The van der Waals surface area contributed by atoms with E-state index in [-0.39, 0.29) is 11.1 Å². The molecular weight excluding hydrogens is 304 g/mol. The molecule has 0 bridgehead atoms. The van der Waals surface area contributed by atoms with Gasteiger partial charge >= 0.3 is 5.97 Å². The highest BCUT2D eigenvalue weighted by Crippen LogP contribution is 2.24. The van der Waals surface area contributed by atoms with Crippen molar-refractivity contribution in [3.05, 3.63) is 74.7 Å². The van der Waals surface area contributed by atoms with Crippen LogP contribution >= 0.6 is 11.6 Å². The van der Waals surface area contributed by atoms with Crippen molar-refractivity contribution in [3.8, 4) is 0 Å². The molecule has 0 radical (unpaired) electrons. The predicted octanol–water partition coefficient (Wildman–Crippen LogP) is 2.87. The summed E-state index contributed by atoms with van der Waals surface area (Å²) in [5, 5.41) is 17.1. The number of aromatic nitrogens is 2. The van der Waals surface area contributed by atoms with Crippen molar-refractivity contribution in [3.63, 3.8) is 0 Å². The zero-order chi connectivity index (χ0) is 15.7. The highest BCUT2D eigenvalue weighted by atomic mass is 35.5. The van der Waals surface area contributed by atoms with E-state index in [1.54, 1.807) is 30.3 Å². The summed E-state index contributed by atoms with van der Waals surface area (Å²) in [6.07, 6.45) is 0.373. The summed E-state index contributed by atoms with van der Waals surface area (Å²) in [5.74, 6) is -0.987. The van der Waals surface area contributed by atoms with Gasteiger partial charge in [-0.2, -0.15) is 5.10 Å². The highest BCUT2D eigenvalue weighted by molar-refractivity contribution is 6.35. The summed E-state index contributed by atoms with van der Waals surface area (Å²) in [6, 6.07) is 11.7. The number of nitrogens with zero attached hydrogens (tertiary/aromatic N) is 1. The fourth-order valence-electron chi connectivity index (χ4n) is 2.38. The Bertz CT molecular complexity index is 934. The van der Waals surface area contributed by atoms with Crippen LogP contribution in [0.2, 0.25) is 5.02 Å². The van der Waals surface area contributed by atoms with Gasteiger partial charge in [-0.3, -0.25) is 4.79 Å². The molecule has 0 aliphatic rings. The van der Waals surface area contributed by atoms with Crippen molar-refractivity contribution in [2.45, 2.75) is 6.42 Å². The second-order valence-corrected chi connectivity index (χ2v) is 5.25. The number of rotatable bonds is 3. The van der Waals surface area contributed by atoms with Gasteiger partial charge in [-0.05, 0) is 29.8 Å². The van der Waals surface area contributed by atoms with E-state index in [4.69, 9.17) is 16.7 Å². The molecule has 2 N–H and O–H groups in total. The van der Waals surface area contributed by atoms with Crippen molar-refractivity contribution < 1.29 is 9.90 Å². The van der Waals surface area contributed by atoms with Crippen LogP contribution in [0.1, 0.15) is 21.6 Å². The Kier molecular flexibility index (Phi) is 3.65. The summed E-state index contributed by atoms with van der Waals surface area (Å²) < 4.78 is 0. The molecule has 3 rings (SSSR count). The van der Waals surface area contributed by atoms with Crippen LogP contribution in [0.15, 0.2) is 47.3 Å². The van der Waals surface area contributed by atoms with E-state index in [0.29, 0.717) is 27.9 Å². The normalized spacial score (nSPS) is 10.8. The Morgan fingerprint density at radius 1 is 1.23 bits per heavy atom. The lowest BCUT2D eigenvalue weighted by Crippen LogP contribution is -2.11. The molecule has 3 aromatic rings. The van der Waals surface area contributed by atoms with Crippen molar-refractivity contribution in [2.24, 2.45) is 0 Å². The number of nitrogens with one attached hydrogen (secondary N) is 1. The first-order valence-corrected chi connectivity index (χ1v) is 6.92. The van der Waals surface area contributed by atoms with E-state index >= 15 is 0 Å². The predicted molar refractivity (Wildman–Crippen MR) is 83.6 cm³/mol. The van der Waals surface area contributed by atoms with Gasteiger partial charge in [-0.15, -0.1) is 0 Å². The highest BCUT2D eigenvalue weighted by Gasteiger charge is 2.11. The summed E-state index contributed by atoms with van der Waals surface area (Å²) in [5.41, 5.74) is 1.28. The molecule has 0 spiro atoms. The maximum absolute atomic E-state index is 11.8. The van der Waals surface area contributed by atoms with Crippen LogP contribution in [-0.2, 0) is 6.42 Å². The number of halogens is 1. The number of benzene rings is 2. The minimum Gasteiger partial charge on any atom is -0.478 e. The SMILES string of the molecule is O=C(O)c1cccc(Cc2n[nH]c(=O)c3cccc(Cl)c23)c1. The molecule has 5 nitrogen and oxygen atoms in total. The number of hydrogen-bond acceptors (Lipinski definition) is 3. The summed E-state index contributed by atoms with van der Waals surface area (Å²) in [7, 11) is 0. The van der Waals surface area contributed by atoms with Crippen LogP contribution in [0, 0.1) is 0 Å². The lowest BCUT2D eigenvalue weighted by Gasteiger charge is -2.07. The van der Waals surface area contributed by atoms with Crippen LogP contribution in [0.3, 0.4) is 0 Å². The fraction of sp³-hybridized carbons (Fsp3) is 0.0625. The summed E-state index contributed by atoms with van der Waals surface area (Å²) >= 11 is 6.20. The average molecular weight is 315 g/mol. The van der Waals surface area contributed by atoms with Crippen LogP contribution in [0.4, 0.5) is 0 Å². The van der Waals surface area contributed by atoms with E-state index in [1.807, 2.05) is 6.07 Å². The van der Waals surface area contributed by atoms with Crippen LogP contribution < -0.4 is 5.56 Å². The summed E-state index contributed by atoms with van der Waals surface area (Å²) in [4.78, 5) is 22.9. The molecule has 6 heteroatoms. The van der Waals surface area contributed by atoms with Gasteiger partial charge in [0.25, 0.3) is 5.56 Å². The molecule has 0 atom stereocenters. The smallest absolute Gasteiger partial charge is 0.335 e. The van der Waals surface area contributed by atoms with E-state index in [9.17, 15) is 9.59 Å². The van der Waals surface area contributed by atoms with E-state index < -0.39 is 5.97 Å². The molecular formula is C16H11ClN2O3. The number of H-pyrrole nitrogens is 1. The summed E-state index contributed by atoms with van der Waals surface area (Å²) in [6.45, 7) is 0. The third-order valence-electron chi connectivity index (χ3n) is 3.38. The number of carbonyl (C=O) groups is 1. The number of carboxylic acids is 1. The van der Waals surface area contributed by atoms with Gasteiger partial charge in [0.15, 0.2) is 0 Å². The van der Waals surface area contributed by atoms with E-state index in [2.05, 4.69) is 10.2 Å². The molecule has 0 saturated heterocycles. The molecule has 0 unspecified atom stereocenters. The Balaban J connectivity index is 2.12. The first-order valence-electron chi connectivity index (χ1n) is 6.54. The molecule has 0 saturated carbocycles. The second-order valence-electron chi connectivity index (χ2n) is 4.84. The molecule has 1 aromatic heterocycles. The third-order valence-corrected chi connectivity index (χ3v) is 3.70. The Hall–Kier alpha value is -2.66. The van der Waals surface area contributed by atoms with E-state index in [1.165, 1.54) is 6.07 Å². The Morgan fingerprint density at radius 2 is 2.00 bits per heavy atom. The van der Waals surface area contributed by atoms with Gasteiger partial charge in [0.2, 0.25) is 0 Å². The van der Waals surface area contributed by atoms with Crippen molar-refractivity contribution in [1.82, 2.24) is 10.2 Å². The largest absolute Gasteiger partial charge is 0.478 e. The van der Waals surface area contributed by atoms with Gasteiger partial charge in [-0.25, -0.2) is 9.89 Å². The van der Waals surface area contributed by atoms with Crippen LogP contribution in [0.25, 0.3) is 10.8 Å². The molecule has 0 aliphatic carbocycles. The van der Waals surface area contributed by atoms with Gasteiger partial charge in [0.1, 0.15) is 0 Å². The molecule has 22 heavy (non-hydrogen) atoms. The Labute approximate surface area is 130 Å². The first kappa shape index (κ1) is 14.3. The zero-order valence-electron chi connectivity index (χ0n) is 11.3. The van der Waals surface area contributed by atoms with Gasteiger partial charge in [0, 0.05) is 11.8 Å². The number of carboxylic acid groups (broad SMARTS) is 1. The molecule has 0 amide bonds. The van der Waals surface area contributed by atoms with Gasteiger partial charge in [-0.1, -0.05) is 29.8 Å². The standard InChI is InChI=1S/C16H11ClN2O3/c17-12-6-2-5-11-14(12)13(18-19-15(11)20)8-9-3-1-4-10(7-9)16(21)22/h1-7H,8H2,(H,19,20)(H,21,22). The minimum atomic E-state index is -0.987. The van der Waals surface area contributed by atoms with Crippen LogP contribution in [0.5, 0.6) is 0 Å². The molecule has 0 fully saturated rings. The second kappa shape index (κ2) is 5.61. The average Bonchev–Trinajstić information content (AvgIpc) is 2.51. The number of aromatic amines is 1. The van der Waals surface area contributed by atoms with Gasteiger partial charge < -0.3 is 5.11 Å². The third kappa shape index (κ3) is 2.58. The van der Waals surface area contributed by atoms with Crippen LogP contribution in [-0.4, -0.2) is 21.3 Å². The van der Waals surface area contributed by atoms with Gasteiger partial charge in [0.05, 0.1) is 21.7 Å². The molecule has 1 heterocycles. The van der Waals surface area contributed by atoms with E-state index in [0.717, 1.165) is 5.56 Å². The van der Waals surface area contributed by atoms with Crippen molar-refractivity contribution in [1.29, 1.82) is 0 Å². The quantitative estimate of drug-likeness (QED) is 0.778. The molecule has 2 aromatic carbocycles. The Morgan fingerprint density at radius 3 is 2.77 bits per heavy atom. The minimum absolute atomic E-state index is 0.206. The van der Waals surface area contributed by atoms with Crippen molar-refractivity contribution >= 4 is 28.3 Å². The zero-order valence-corrected chi connectivity index (χ0v) is 12.1. The monoisotopic (exact) mass is 314 g/mol. The number of hydrogen-bond donors (Lipinski definition) is 2. The lowest BCUT2D eigenvalue weighted by molar-refractivity contribution is 0.0697. The number of fused-ring (bicyclic) bond motifs is 1. The molecule has 110 valence electrons. The maximum Gasteiger partial charge on any atom is 0.335 e. The first-order chi connectivity index (χ1) is 10.6. The number of aromatic carboxylic acids is 1.